The molecule has 0 radical (unpaired) electrons. The second kappa shape index (κ2) is 9.26. The first-order valence-electron chi connectivity index (χ1n) is 10.6. The molecule has 188 valence electrons. The number of benzene rings is 2. The molecule has 9 nitrogen and oxygen atoms in total. The second-order valence-corrected chi connectivity index (χ2v) is 7.64. The molecule has 0 aliphatic rings. The number of halogens is 4. The van der Waals surface area contributed by atoms with Crippen LogP contribution in [0, 0.1) is 5.82 Å². The number of hydrogen-bond donors (Lipinski definition) is 2. The highest BCUT2D eigenvalue weighted by Gasteiger charge is 2.42. The topological polar surface area (TPSA) is 107 Å². The molecule has 0 aliphatic heterocycles. The number of nitrogens with one attached hydrogen (secondary N) is 2. The zero-order chi connectivity index (χ0) is 26.2. The molecule has 2 N–H and O–H groups in total. The number of aromatic amines is 1. The Bertz CT molecular complexity index is 1590. The number of rotatable bonds is 6. The number of amides is 1. The predicted octanol–water partition coefficient (Wildman–Crippen LogP) is 5.35. The first-order chi connectivity index (χ1) is 17.7. The molecular formula is C24H16F4N6O3. The van der Waals surface area contributed by atoms with Crippen LogP contribution in [0.4, 0.5) is 23.2 Å². The van der Waals surface area contributed by atoms with Gasteiger partial charge >= 0.3 is 6.18 Å². The third kappa shape index (κ3) is 4.66. The number of alkyl halides is 3. The zero-order valence-electron chi connectivity index (χ0n) is 18.9. The van der Waals surface area contributed by atoms with Crippen molar-refractivity contribution in [2.24, 2.45) is 0 Å². The summed E-state index contributed by atoms with van der Waals surface area (Å²) in [6.45, 7) is 0. The number of carbonyl (C=O) groups excluding carboxylic acids is 1. The molecule has 0 spiro atoms. The van der Waals surface area contributed by atoms with E-state index in [1.807, 2.05) is 0 Å². The maximum atomic E-state index is 14.7. The molecule has 0 saturated carbocycles. The van der Waals surface area contributed by atoms with Gasteiger partial charge in [-0.3, -0.25) is 4.79 Å². The van der Waals surface area contributed by atoms with Crippen LogP contribution in [-0.2, 0) is 6.18 Å². The molecule has 0 unspecified atom stereocenters. The van der Waals surface area contributed by atoms with Gasteiger partial charge in [-0.25, -0.2) is 14.1 Å². The minimum Gasteiger partial charge on any atom is -0.497 e. The van der Waals surface area contributed by atoms with E-state index >= 15 is 0 Å². The lowest BCUT2D eigenvalue weighted by Gasteiger charge is -2.12. The SMILES string of the molecule is COc1ccc(-n2nnc(C(=O)Nc3ccc(Oc4ccnc5[nH]ccc45)c(F)c3)c2C(F)(F)F)cc1. The van der Waals surface area contributed by atoms with Gasteiger partial charge in [0.25, 0.3) is 5.91 Å². The smallest absolute Gasteiger partial charge is 0.435 e. The molecule has 13 heteroatoms. The van der Waals surface area contributed by atoms with E-state index in [4.69, 9.17) is 9.47 Å². The van der Waals surface area contributed by atoms with Crippen molar-refractivity contribution in [3.63, 3.8) is 0 Å². The molecule has 2 aromatic carbocycles. The van der Waals surface area contributed by atoms with E-state index in [0.29, 0.717) is 27.2 Å². The Morgan fingerprint density at radius 2 is 1.84 bits per heavy atom. The quantitative estimate of drug-likeness (QED) is 0.297. The van der Waals surface area contributed by atoms with Gasteiger partial charge in [0, 0.05) is 24.1 Å². The van der Waals surface area contributed by atoms with Crippen molar-refractivity contribution in [2.75, 3.05) is 12.4 Å². The summed E-state index contributed by atoms with van der Waals surface area (Å²) in [4.78, 5) is 19.7. The Morgan fingerprint density at radius 1 is 1.05 bits per heavy atom. The lowest BCUT2D eigenvalue weighted by atomic mass is 10.2. The van der Waals surface area contributed by atoms with Crippen molar-refractivity contribution in [3.8, 4) is 22.9 Å². The summed E-state index contributed by atoms with van der Waals surface area (Å²) >= 11 is 0. The number of nitrogens with zero attached hydrogens (tertiary/aromatic N) is 4. The molecule has 0 bridgehead atoms. The molecule has 3 aromatic heterocycles. The number of pyridine rings is 1. The monoisotopic (exact) mass is 512 g/mol. The molecule has 37 heavy (non-hydrogen) atoms. The van der Waals surface area contributed by atoms with E-state index in [1.54, 1.807) is 18.3 Å². The fourth-order valence-corrected chi connectivity index (χ4v) is 3.59. The summed E-state index contributed by atoms with van der Waals surface area (Å²) in [6.07, 6.45) is -1.83. The fourth-order valence-electron chi connectivity index (χ4n) is 3.59. The Hall–Kier alpha value is -4.94. The summed E-state index contributed by atoms with van der Waals surface area (Å²) in [5, 5.41) is 9.80. The van der Waals surface area contributed by atoms with Crippen molar-refractivity contribution in [3.05, 3.63) is 84.2 Å². The summed E-state index contributed by atoms with van der Waals surface area (Å²) in [5.41, 5.74) is -1.91. The van der Waals surface area contributed by atoms with Gasteiger partial charge in [-0.2, -0.15) is 13.2 Å². The predicted molar refractivity (Wildman–Crippen MR) is 123 cm³/mol. The highest BCUT2D eigenvalue weighted by atomic mass is 19.4. The highest BCUT2D eigenvalue weighted by molar-refractivity contribution is 6.03. The molecule has 5 aromatic rings. The zero-order valence-corrected chi connectivity index (χ0v) is 18.9. The van der Waals surface area contributed by atoms with Gasteiger partial charge in [0.2, 0.25) is 0 Å². The van der Waals surface area contributed by atoms with Crippen LogP contribution >= 0.6 is 0 Å². The lowest BCUT2D eigenvalue weighted by molar-refractivity contribution is -0.143. The van der Waals surface area contributed by atoms with Crippen molar-refractivity contribution in [2.45, 2.75) is 6.18 Å². The molecule has 0 fully saturated rings. The third-order valence-corrected chi connectivity index (χ3v) is 5.30. The number of H-pyrrole nitrogens is 1. The lowest BCUT2D eigenvalue weighted by Crippen LogP contribution is -2.21. The number of anilines is 1. The van der Waals surface area contributed by atoms with Gasteiger partial charge in [-0.15, -0.1) is 5.10 Å². The minimum absolute atomic E-state index is 0.0138. The van der Waals surface area contributed by atoms with Crippen LogP contribution in [0.1, 0.15) is 16.2 Å². The standard InChI is InChI=1S/C24H16F4N6O3/c1-36-15-5-3-14(4-6-15)34-21(24(26,27)28)20(32-33-34)23(35)31-13-2-7-19(17(25)12-13)37-18-9-11-30-22-16(18)8-10-29-22/h2-12H,1H3,(H,29,30)(H,31,35). The molecular weight excluding hydrogens is 496 g/mol. The number of fused-ring (bicyclic) bond motifs is 1. The number of aromatic nitrogens is 5. The van der Waals surface area contributed by atoms with Crippen molar-refractivity contribution in [1.82, 2.24) is 25.0 Å². The molecule has 1 amide bonds. The Balaban J connectivity index is 1.40. The highest BCUT2D eigenvalue weighted by Crippen LogP contribution is 2.34. The van der Waals surface area contributed by atoms with Crippen LogP contribution in [0.3, 0.4) is 0 Å². The molecule has 0 aliphatic carbocycles. The van der Waals surface area contributed by atoms with Crippen molar-refractivity contribution >= 4 is 22.6 Å². The number of carbonyl (C=O) groups is 1. The van der Waals surface area contributed by atoms with Crippen LogP contribution in [0.5, 0.6) is 17.2 Å². The summed E-state index contributed by atoms with van der Waals surface area (Å²) in [6, 6.07) is 12.3. The van der Waals surface area contributed by atoms with E-state index in [1.165, 1.54) is 49.7 Å². The van der Waals surface area contributed by atoms with E-state index in [0.717, 1.165) is 6.07 Å². The second-order valence-electron chi connectivity index (χ2n) is 7.64. The van der Waals surface area contributed by atoms with Gasteiger partial charge < -0.3 is 19.8 Å². The van der Waals surface area contributed by atoms with Crippen LogP contribution in [0.2, 0.25) is 0 Å². The van der Waals surface area contributed by atoms with Gasteiger partial charge in [0.1, 0.15) is 17.1 Å². The number of ether oxygens (including phenoxy) is 2. The van der Waals surface area contributed by atoms with Crippen molar-refractivity contribution in [1.29, 1.82) is 0 Å². The van der Waals surface area contributed by atoms with E-state index in [9.17, 15) is 22.4 Å². The third-order valence-electron chi connectivity index (χ3n) is 5.30. The van der Waals surface area contributed by atoms with E-state index in [2.05, 4.69) is 25.6 Å². The first-order valence-corrected chi connectivity index (χ1v) is 10.6. The Kier molecular flexibility index (Phi) is 5.95. The average Bonchev–Trinajstić information content (AvgIpc) is 3.54. The van der Waals surface area contributed by atoms with E-state index < -0.39 is 29.3 Å². The number of hydrogen-bond acceptors (Lipinski definition) is 6. The molecule has 0 saturated heterocycles. The van der Waals surface area contributed by atoms with Gasteiger partial charge in [-0.05, 0) is 48.5 Å². The van der Waals surface area contributed by atoms with Crippen LogP contribution in [0.25, 0.3) is 16.7 Å². The van der Waals surface area contributed by atoms with Gasteiger partial charge in [0.15, 0.2) is 23.0 Å². The first kappa shape index (κ1) is 23.8. The minimum atomic E-state index is -4.97. The maximum Gasteiger partial charge on any atom is 0.435 e. The van der Waals surface area contributed by atoms with Crippen LogP contribution < -0.4 is 14.8 Å². The van der Waals surface area contributed by atoms with Crippen molar-refractivity contribution < 1.29 is 31.8 Å². The fraction of sp³-hybridized carbons (Fsp3) is 0.0833. The van der Waals surface area contributed by atoms with Gasteiger partial charge in [-0.1, -0.05) is 5.21 Å². The van der Waals surface area contributed by atoms with Crippen LogP contribution in [-0.4, -0.2) is 38.0 Å². The Morgan fingerprint density at radius 3 is 2.54 bits per heavy atom. The number of methoxy groups -OCH3 is 1. The Labute approximate surface area is 205 Å². The van der Waals surface area contributed by atoms with Gasteiger partial charge in [0.05, 0.1) is 18.2 Å². The largest absolute Gasteiger partial charge is 0.497 e. The van der Waals surface area contributed by atoms with E-state index in [-0.39, 0.29) is 17.1 Å². The molecule has 3 heterocycles. The summed E-state index contributed by atoms with van der Waals surface area (Å²) in [7, 11) is 1.41. The molecule has 0 atom stereocenters. The van der Waals surface area contributed by atoms with Crippen LogP contribution in [0.15, 0.2) is 67.0 Å². The normalized spacial score (nSPS) is 11.5. The summed E-state index contributed by atoms with van der Waals surface area (Å²) in [5.74, 6) is -1.47. The maximum absolute atomic E-state index is 14.7. The molecule has 5 rings (SSSR count). The summed E-state index contributed by atoms with van der Waals surface area (Å²) < 4.78 is 67.6. The average molecular weight is 512 g/mol.